The van der Waals surface area contributed by atoms with Crippen LogP contribution in [0.5, 0.6) is 0 Å². The van der Waals surface area contributed by atoms with Gasteiger partial charge in [0.15, 0.2) is 6.10 Å². The third-order valence-electron chi connectivity index (χ3n) is 4.57. The minimum atomic E-state index is -0.896. The van der Waals surface area contributed by atoms with Crippen LogP contribution >= 0.6 is 0 Å². The Kier molecular flexibility index (Phi) is 6.21. The van der Waals surface area contributed by atoms with Crippen LogP contribution in [0.4, 0.5) is 0 Å². The Morgan fingerprint density at radius 3 is 2.33 bits per heavy atom. The predicted molar refractivity (Wildman–Crippen MR) is 101 cm³/mol. The summed E-state index contributed by atoms with van der Waals surface area (Å²) in [4.78, 5) is 26.1. The Bertz CT molecular complexity index is 766. The Morgan fingerprint density at radius 2 is 1.70 bits per heavy atom. The van der Waals surface area contributed by atoms with Crippen molar-refractivity contribution in [3.63, 3.8) is 0 Å². The Morgan fingerprint density at radius 1 is 1.07 bits per heavy atom. The highest BCUT2D eigenvalue weighted by Gasteiger charge is 2.39. The first-order valence-corrected chi connectivity index (χ1v) is 9.00. The maximum Gasteiger partial charge on any atom is 0.338 e. The van der Waals surface area contributed by atoms with Crippen LogP contribution in [0.3, 0.4) is 0 Å². The number of benzene rings is 2. The quantitative estimate of drug-likeness (QED) is 0.784. The van der Waals surface area contributed by atoms with Gasteiger partial charge in [0.05, 0.1) is 11.6 Å². The average Bonchev–Trinajstić information content (AvgIpc) is 2.65. The van der Waals surface area contributed by atoms with Gasteiger partial charge in [-0.05, 0) is 17.7 Å². The van der Waals surface area contributed by atoms with Crippen molar-refractivity contribution >= 4 is 11.9 Å². The number of piperidine rings is 1. The number of nitrogens with one attached hydrogen (secondary N) is 1. The van der Waals surface area contributed by atoms with Gasteiger partial charge in [-0.2, -0.15) is 0 Å². The molecule has 0 aromatic heterocycles. The number of aliphatic hydroxyl groups excluding tert-OH is 1. The summed E-state index contributed by atoms with van der Waals surface area (Å²) in [6, 6.07) is 18.1. The summed E-state index contributed by atoms with van der Waals surface area (Å²) >= 11 is 0. The van der Waals surface area contributed by atoms with Crippen molar-refractivity contribution in [1.29, 1.82) is 0 Å². The number of hydrogen-bond donors (Lipinski definition) is 2. The fourth-order valence-electron chi connectivity index (χ4n) is 3.38. The van der Waals surface area contributed by atoms with E-state index >= 15 is 0 Å². The molecule has 1 amide bonds. The third kappa shape index (κ3) is 5.15. The van der Waals surface area contributed by atoms with Crippen molar-refractivity contribution in [1.82, 2.24) is 10.2 Å². The second-order valence-corrected chi connectivity index (χ2v) is 6.79. The number of ether oxygens (including phenoxy) is 1. The molecule has 1 aliphatic rings. The highest BCUT2D eigenvalue weighted by Crippen LogP contribution is 2.19. The molecule has 6 heteroatoms. The van der Waals surface area contributed by atoms with Crippen LogP contribution in [0.1, 0.15) is 22.8 Å². The summed E-state index contributed by atoms with van der Waals surface area (Å²) in [5.41, 5.74) is 1.53. The number of carbonyl (C=O) groups is 2. The van der Waals surface area contributed by atoms with E-state index in [0.29, 0.717) is 25.2 Å². The van der Waals surface area contributed by atoms with E-state index in [1.54, 1.807) is 24.3 Å². The SMILES string of the molecule is CC(=O)N[C@H]1CN(Cc2ccccc2)C[C@@H](O)[C@@H]1OC(=O)c1ccccc1. The molecule has 3 atom stereocenters. The van der Waals surface area contributed by atoms with E-state index in [-0.39, 0.29) is 5.91 Å². The van der Waals surface area contributed by atoms with E-state index < -0.39 is 24.2 Å². The van der Waals surface area contributed by atoms with Gasteiger partial charge < -0.3 is 15.2 Å². The zero-order valence-electron chi connectivity index (χ0n) is 15.2. The standard InChI is InChI=1S/C21H24N2O4/c1-15(24)22-18-13-23(12-16-8-4-2-5-9-16)14-19(25)20(18)27-21(26)17-10-6-3-7-11-17/h2-11,18-20,25H,12-14H2,1H3,(H,22,24)/t18-,19+,20+/m0/s1. The van der Waals surface area contributed by atoms with Crippen LogP contribution in [0.2, 0.25) is 0 Å². The molecule has 2 aromatic rings. The van der Waals surface area contributed by atoms with Crippen LogP contribution in [0.15, 0.2) is 60.7 Å². The number of aliphatic hydroxyl groups is 1. The van der Waals surface area contributed by atoms with Crippen molar-refractivity contribution < 1.29 is 19.4 Å². The number of β-amino-alcohol motifs (C(OH)–C–C–N with tert-alkyl or cyclic N) is 1. The molecule has 2 aromatic carbocycles. The fourth-order valence-corrected chi connectivity index (χ4v) is 3.38. The number of esters is 1. The lowest BCUT2D eigenvalue weighted by atomic mass is 9.98. The molecule has 6 nitrogen and oxygen atoms in total. The summed E-state index contributed by atoms with van der Waals surface area (Å²) in [6.07, 6.45) is -1.69. The number of rotatable bonds is 5. The zero-order chi connectivity index (χ0) is 19.2. The molecule has 0 unspecified atom stereocenters. The molecule has 142 valence electrons. The minimum Gasteiger partial charge on any atom is -0.454 e. The predicted octanol–water partition coefficient (Wildman–Crippen LogP) is 1.59. The Labute approximate surface area is 158 Å². The average molecular weight is 368 g/mol. The first-order valence-electron chi connectivity index (χ1n) is 9.00. The lowest BCUT2D eigenvalue weighted by Crippen LogP contribution is -2.62. The minimum absolute atomic E-state index is 0.227. The lowest BCUT2D eigenvalue weighted by Gasteiger charge is -2.41. The number of amides is 1. The van der Waals surface area contributed by atoms with E-state index in [1.807, 2.05) is 41.3 Å². The topological polar surface area (TPSA) is 78.9 Å². The van der Waals surface area contributed by atoms with Gasteiger partial charge in [-0.3, -0.25) is 9.69 Å². The van der Waals surface area contributed by atoms with E-state index in [0.717, 1.165) is 5.56 Å². The Balaban J connectivity index is 1.71. The van der Waals surface area contributed by atoms with Gasteiger partial charge in [-0.1, -0.05) is 48.5 Å². The van der Waals surface area contributed by atoms with Gasteiger partial charge in [-0.15, -0.1) is 0 Å². The highest BCUT2D eigenvalue weighted by atomic mass is 16.6. The van der Waals surface area contributed by atoms with Crippen LogP contribution in [-0.2, 0) is 16.1 Å². The number of carbonyl (C=O) groups excluding carboxylic acids is 2. The van der Waals surface area contributed by atoms with Gasteiger partial charge in [0, 0.05) is 26.6 Å². The van der Waals surface area contributed by atoms with E-state index in [9.17, 15) is 14.7 Å². The summed E-state index contributed by atoms with van der Waals surface area (Å²) in [5, 5.41) is 13.4. The van der Waals surface area contributed by atoms with Crippen molar-refractivity contribution in [3.8, 4) is 0 Å². The van der Waals surface area contributed by atoms with Crippen LogP contribution < -0.4 is 5.32 Å². The molecule has 0 saturated carbocycles. The zero-order valence-corrected chi connectivity index (χ0v) is 15.2. The molecule has 1 fully saturated rings. The van der Waals surface area contributed by atoms with Gasteiger partial charge in [0.1, 0.15) is 6.10 Å². The van der Waals surface area contributed by atoms with Gasteiger partial charge >= 0.3 is 5.97 Å². The molecule has 1 aliphatic heterocycles. The molecule has 3 rings (SSSR count). The smallest absolute Gasteiger partial charge is 0.338 e. The molecule has 1 heterocycles. The molecule has 2 N–H and O–H groups in total. The largest absolute Gasteiger partial charge is 0.454 e. The van der Waals surface area contributed by atoms with Gasteiger partial charge in [0.25, 0.3) is 0 Å². The molecular formula is C21H24N2O4. The van der Waals surface area contributed by atoms with Gasteiger partial charge in [0.2, 0.25) is 5.91 Å². The summed E-state index contributed by atoms with van der Waals surface area (Å²) in [6.45, 7) is 2.90. The molecule has 0 radical (unpaired) electrons. The summed E-state index contributed by atoms with van der Waals surface area (Å²) < 4.78 is 5.57. The molecule has 0 bridgehead atoms. The van der Waals surface area contributed by atoms with Crippen LogP contribution in [0.25, 0.3) is 0 Å². The monoisotopic (exact) mass is 368 g/mol. The number of nitrogens with zero attached hydrogens (tertiary/aromatic N) is 1. The van der Waals surface area contributed by atoms with Crippen molar-refractivity contribution in [2.24, 2.45) is 0 Å². The maximum absolute atomic E-state index is 12.4. The van der Waals surface area contributed by atoms with E-state index in [1.165, 1.54) is 6.92 Å². The molecule has 27 heavy (non-hydrogen) atoms. The fraction of sp³-hybridized carbons (Fsp3) is 0.333. The number of likely N-dealkylation sites (tertiary alicyclic amines) is 1. The third-order valence-corrected chi connectivity index (χ3v) is 4.57. The maximum atomic E-state index is 12.4. The van der Waals surface area contributed by atoms with Crippen molar-refractivity contribution in [2.75, 3.05) is 13.1 Å². The first kappa shape index (κ1) is 19.1. The molecule has 0 aliphatic carbocycles. The van der Waals surface area contributed by atoms with Gasteiger partial charge in [-0.25, -0.2) is 4.79 Å². The normalized spacial score (nSPS) is 22.8. The molecule has 1 saturated heterocycles. The number of hydrogen-bond acceptors (Lipinski definition) is 5. The van der Waals surface area contributed by atoms with Crippen molar-refractivity contribution in [3.05, 3.63) is 71.8 Å². The highest BCUT2D eigenvalue weighted by molar-refractivity contribution is 5.89. The van der Waals surface area contributed by atoms with E-state index in [4.69, 9.17) is 4.74 Å². The van der Waals surface area contributed by atoms with Crippen molar-refractivity contribution in [2.45, 2.75) is 31.7 Å². The second-order valence-electron chi connectivity index (χ2n) is 6.79. The molecule has 0 spiro atoms. The summed E-state index contributed by atoms with van der Waals surface area (Å²) in [7, 11) is 0. The van der Waals surface area contributed by atoms with Crippen LogP contribution in [-0.4, -0.2) is 53.2 Å². The first-order chi connectivity index (χ1) is 13.0. The van der Waals surface area contributed by atoms with Crippen LogP contribution in [0, 0.1) is 0 Å². The second kappa shape index (κ2) is 8.79. The van der Waals surface area contributed by atoms with E-state index in [2.05, 4.69) is 5.32 Å². The lowest BCUT2D eigenvalue weighted by molar-refractivity contribution is -0.124. The Hall–Kier alpha value is -2.70. The summed E-state index contributed by atoms with van der Waals surface area (Å²) in [5.74, 6) is -0.735. The molecular weight excluding hydrogens is 344 g/mol.